The SMILES string of the molecule is c1ccc([Si]23c4cc5ccccc5cc4Oc4cc(-c5ccc6c7c(ccc6c5)Oc5cccc6c5[Si]7(c5ccccc5)c5c(ccc7ccccc57)O6)cc(c42)Oc2cc4ccccc4cc23)cc1. The Morgan fingerprint density at radius 1 is 0.229 bits per heavy atom. The maximum Gasteiger partial charge on any atom is 0.198 e. The lowest BCUT2D eigenvalue weighted by Crippen LogP contribution is -2.77. The second kappa shape index (κ2) is 14.0. The normalized spacial score (nSPS) is 16.1. The first-order valence-corrected chi connectivity index (χ1v) is 28.0. The lowest BCUT2D eigenvalue weighted by Gasteiger charge is -2.44. The molecule has 0 amide bonds. The number of benzene rings is 12. The van der Waals surface area contributed by atoms with Crippen molar-refractivity contribution in [3.63, 3.8) is 0 Å². The van der Waals surface area contributed by atoms with Crippen LogP contribution in [0, 0.1) is 0 Å². The minimum absolute atomic E-state index is 0.841. The number of hydrogen-bond acceptors (Lipinski definition) is 4. The molecule has 4 aliphatic rings. The molecule has 12 aromatic rings. The smallest absolute Gasteiger partial charge is 0.198 e. The minimum Gasteiger partial charge on any atom is -0.457 e. The summed E-state index contributed by atoms with van der Waals surface area (Å²) in [5.41, 5.74) is 2.10. The van der Waals surface area contributed by atoms with E-state index in [0.29, 0.717) is 0 Å². The van der Waals surface area contributed by atoms with E-state index in [1.54, 1.807) is 0 Å². The molecule has 16 rings (SSSR count). The Morgan fingerprint density at radius 3 is 1.26 bits per heavy atom. The Labute approximate surface area is 405 Å². The standard InChI is InChI=1S/C64H38O4Si2/c1-3-19-47(20-4-1)69-59-37-42-17-9-7-15-40(42)33-55(59)67-57-35-46(36-58(64(57)69)68-56-34-41-16-8-10-18-43(41)38-60(56)69)44-26-29-50-45(32-44)28-31-54-62(50)70(48-21-5-2-6-22-48)61-49-23-12-11-14-39(49)27-30-53(61)65-51-24-13-25-52(66-54)63(51)70/h1-38H. The van der Waals surface area contributed by atoms with Crippen molar-refractivity contribution in [3.05, 3.63) is 231 Å². The van der Waals surface area contributed by atoms with Gasteiger partial charge in [0.25, 0.3) is 0 Å². The van der Waals surface area contributed by atoms with Crippen molar-refractivity contribution >= 4 is 101 Å². The molecule has 4 nitrogen and oxygen atoms in total. The second-order valence-corrected chi connectivity index (χ2v) is 26.3. The predicted octanol–water partition coefficient (Wildman–Crippen LogP) is 11.1. The van der Waals surface area contributed by atoms with Crippen LogP contribution in [0.3, 0.4) is 0 Å². The van der Waals surface area contributed by atoms with E-state index in [0.717, 1.165) is 83.7 Å². The zero-order valence-electron chi connectivity index (χ0n) is 37.6. The third-order valence-electron chi connectivity index (χ3n) is 15.6. The van der Waals surface area contributed by atoms with Gasteiger partial charge in [-0.15, -0.1) is 0 Å². The summed E-state index contributed by atoms with van der Waals surface area (Å²) in [5, 5.41) is 19.3. The van der Waals surface area contributed by atoms with Crippen LogP contribution < -0.4 is 60.4 Å². The van der Waals surface area contributed by atoms with Gasteiger partial charge in [-0.05, 0) is 130 Å². The molecule has 0 aliphatic carbocycles. The first-order chi connectivity index (χ1) is 34.6. The summed E-state index contributed by atoms with van der Waals surface area (Å²) in [5.74, 6) is 6.99. The summed E-state index contributed by atoms with van der Waals surface area (Å²) >= 11 is 0. The largest absolute Gasteiger partial charge is 0.457 e. The quantitative estimate of drug-likeness (QED) is 0.166. The fourth-order valence-corrected chi connectivity index (χ4v) is 23.5. The van der Waals surface area contributed by atoms with E-state index >= 15 is 0 Å². The van der Waals surface area contributed by atoms with Gasteiger partial charge >= 0.3 is 0 Å². The molecule has 0 N–H and O–H groups in total. The minimum atomic E-state index is -3.15. The molecular weight excluding hydrogens is 889 g/mol. The maximum atomic E-state index is 7.25. The second-order valence-electron chi connectivity index (χ2n) is 19.0. The maximum absolute atomic E-state index is 7.25. The van der Waals surface area contributed by atoms with Crippen LogP contribution in [0.25, 0.3) is 54.2 Å². The lowest BCUT2D eigenvalue weighted by atomic mass is 10.00. The van der Waals surface area contributed by atoms with Crippen LogP contribution in [-0.2, 0) is 0 Å². The number of ether oxygens (including phenoxy) is 4. The van der Waals surface area contributed by atoms with Crippen molar-refractivity contribution in [3.8, 4) is 57.1 Å². The summed E-state index contributed by atoms with van der Waals surface area (Å²) in [6.45, 7) is 0. The first kappa shape index (κ1) is 38.3. The van der Waals surface area contributed by atoms with E-state index in [-0.39, 0.29) is 0 Å². The fraction of sp³-hybridized carbons (Fsp3) is 0. The van der Waals surface area contributed by atoms with Crippen molar-refractivity contribution in [2.45, 2.75) is 0 Å². The number of rotatable bonds is 3. The van der Waals surface area contributed by atoms with E-state index in [1.165, 1.54) is 58.1 Å². The van der Waals surface area contributed by atoms with Gasteiger partial charge in [0.2, 0.25) is 0 Å². The average Bonchev–Trinajstić information content (AvgIpc) is 3.42. The van der Waals surface area contributed by atoms with Crippen molar-refractivity contribution < 1.29 is 18.9 Å². The van der Waals surface area contributed by atoms with Gasteiger partial charge in [0.05, 0.1) is 0 Å². The summed E-state index contributed by atoms with van der Waals surface area (Å²) < 4.78 is 28.4. The van der Waals surface area contributed by atoms with Gasteiger partial charge in [0.15, 0.2) is 16.1 Å². The molecule has 0 saturated carbocycles. The molecule has 1 atom stereocenters. The number of fused-ring (bicyclic) bond motifs is 14. The van der Waals surface area contributed by atoms with E-state index in [2.05, 4.69) is 231 Å². The van der Waals surface area contributed by atoms with Gasteiger partial charge in [0, 0.05) is 20.7 Å². The fourth-order valence-electron chi connectivity index (χ4n) is 12.7. The highest BCUT2D eigenvalue weighted by Gasteiger charge is 2.56. The Morgan fingerprint density at radius 2 is 0.671 bits per heavy atom. The van der Waals surface area contributed by atoms with Crippen LogP contribution in [0.2, 0.25) is 0 Å². The van der Waals surface area contributed by atoms with E-state index in [4.69, 9.17) is 18.9 Å². The molecule has 326 valence electrons. The Kier molecular flexibility index (Phi) is 7.63. The molecule has 0 fully saturated rings. The van der Waals surface area contributed by atoms with Crippen LogP contribution in [0.4, 0.5) is 0 Å². The summed E-state index contributed by atoms with van der Waals surface area (Å²) in [6, 6.07) is 84.2. The molecule has 6 heteroatoms. The Hall–Kier alpha value is -8.69. The summed E-state index contributed by atoms with van der Waals surface area (Å²) in [4.78, 5) is 0. The van der Waals surface area contributed by atoms with Crippen LogP contribution in [0.1, 0.15) is 0 Å². The average molecular weight is 927 g/mol. The van der Waals surface area contributed by atoms with Gasteiger partial charge in [-0.25, -0.2) is 0 Å². The summed E-state index contributed by atoms with van der Waals surface area (Å²) in [6.07, 6.45) is 0. The van der Waals surface area contributed by atoms with Crippen LogP contribution in [0.5, 0.6) is 46.0 Å². The van der Waals surface area contributed by atoms with E-state index in [9.17, 15) is 0 Å². The zero-order chi connectivity index (χ0) is 45.7. The monoisotopic (exact) mass is 926 g/mol. The van der Waals surface area contributed by atoms with Crippen molar-refractivity contribution in [2.24, 2.45) is 0 Å². The van der Waals surface area contributed by atoms with Crippen molar-refractivity contribution in [1.29, 1.82) is 0 Å². The predicted molar refractivity (Wildman–Crippen MR) is 289 cm³/mol. The molecule has 4 aliphatic heterocycles. The highest BCUT2D eigenvalue weighted by molar-refractivity contribution is 7.23. The molecule has 0 aromatic heterocycles. The third-order valence-corrected chi connectivity index (χ3v) is 25.4. The Bertz CT molecular complexity index is 4140. The summed E-state index contributed by atoms with van der Waals surface area (Å²) in [7, 11) is -6.22. The van der Waals surface area contributed by atoms with Gasteiger partial charge in [-0.2, -0.15) is 0 Å². The highest BCUT2D eigenvalue weighted by Crippen LogP contribution is 2.46. The molecule has 0 radical (unpaired) electrons. The zero-order valence-corrected chi connectivity index (χ0v) is 39.6. The van der Waals surface area contributed by atoms with Gasteiger partial charge in [-0.3, -0.25) is 0 Å². The van der Waals surface area contributed by atoms with Crippen molar-refractivity contribution in [1.82, 2.24) is 0 Å². The molecule has 0 saturated heterocycles. The molecule has 70 heavy (non-hydrogen) atoms. The third kappa shape index (κ3) is 4.98. The van der Waals surface area contributed by atoms with Crippen LogP contribution >= 0.6 is 0 Å². The highest BCUT2D eigenvalue weighted by atomic mass is 28.3. The molecular formula is C64H38O4Si2. The molecule has 0 spiro atoms. The van der Waals surface area contributed by atoms with Crippen molar-refractivity contribution in [2.75, 3.05) is 0 Å². The molecule has 1 unspecified atom stereocenters. The molecule has 4 heterocycles. The topological polar surface area (TPSA) is 36.9 Å². The van der Waals surface area contributed by atoms with Gasteiger partial charge < -0.3 is 18.9 Å². The van der Waals surface area contributed by atoms with Gasteiger partial charge in [0.1, 0.15) is 46.0 Å². The lowest BCUT2D eigenvalue weighted by molar-refractivity contribution is 0.464. The van der Waals surface area contributed by atoms with E-state index in [1.807, 2.05) is 0 Å². The molecule has 12 aromatic carbocycles. The Balaban J connectivity index is 0.956. The van der Waals surface area contributed by atoms with E-state index < -0.39 is 16.1 Å². The van der Waals surface area contributed by atoms with Gasteiger partial charge in [-0.1, -0.05) is 176 Å². The molecule has 0 bridgehead atoms. The van der Waals surface area contributed by atoms with Crippen LogP contribution in [0.15, 0.2) is 231 Å². The van der Waals surface area contributed by atoms with Crippen LogP contribution in [-0.4, -0.2) is 16.1 Å². The number of hydrogen-bond donors (Lipinski definition) is 0. The first-order valence-electron chi connectivity index (χ1n) is 24.0.